The Labute approximate surface area is 84.0 Å². The lowest BCUT2D eigenvalue weighted by Crippen LogP contribution is -2.04. The van der Waals surface area contributed by atoms with Gasteiger partial charge in [-0.15, -0.1) is 0 Å². The van der Waals surface area contributed by atoms with Gasteiger partial charge in [0, 0.05) is 7.05 Å². The van der Waals surface area contributed by atoms with Crippen LogP contribution in [-0.2, 0) is 7.05 Å². The predicted octanol–water partition coefficient (Wildman–Crippen LogP) is 1.49. The fraction of sp³-hybridized carbons (Fsp3) is 0.700. The van der Waals surface area contributed by atoms with Crippen molar-refractivity contribution < 1.29 is 4.74 Å². The van der Waals surface area contributed by atoms with Gasteiger partial charge in [-0.3, -0.25) is 0 Å². The quantitative estimate of drug-likeness (QED) is 0.792. The molecule has 1 saturated carbocycles. The van der Waals surface area contributed by atoms with Crippen molar-refractivity contribution in [3.8, 4) is 5.88 Å². The van der Waals surface area contributed by atoms with E-state index in [4.69, 9.17) is 10.5 Å². The van der Waals surface area contributed by atoms with Crippen LogP contribution in [0.4, 0.5) is 5.69 Å². The van der Waals surface area contributed by atoms with Crippen LogP contribution in [0, 0.1) is 12.8 Å². The molecule has 0 aromatic carbocycles. The number of hydrogen-bond donors (Lipinski definition) is 1. The van der Waals surface area contributed by atoms with Crippen molar-refractivity contribution in [2.75, 3.05) is 12.3 Å². The third-order valence-corrected chi connectivity index (χ3v) is 2.68. The second kappa shape index (κ2) is 3.52. The fourth-order valence-electron chi connectivity index (χ4n) is 1.55. The smallest absolute Gasteiger partial charge is 0.235 e. The van der Waals surface area contributed by atoms with Crippen LogP contribution >= 0.6 is 0 Å². The van der Waals surface area contributed by atoms with Crippen molar-refractivity contribution in [3.63, 3.8) is 0 Å². The van der Waals surface area contributed by atoms with E-state index in [1.165, 1.54) is 12.8 Å². The van der Waals surface area contributed by atoms with Gasteiger partial charge in [0.25, 0.3) is 0 Å². The molecule has 0 bridgehead atoms. The molecule has 1 fully saturated rings. The molecule has 0 radical (unpaired) electrons. The Balaban J connectivity index is 1.93. The summed E-state index contributed by atoms with van der Waals surface area (Å²) in [5.74, 6) is 1.61. The molecule has 78 valence electrons. The summed E-state index contributed by atoms with van der Waals surface area (Å²) in [7, 11) is 1.86. The minimum Gasteiger partial charge on any atom is -0.476 e. The number of aromatic nitrogens is 2. The normalized spacial score (nSPS) is 15.9. The van der Waals surface area contributed by atoms with E-state index in [9.17, 15) is 0 Å². The number of aryl methyl sites for hydroxylation is 2. The maximum absolute atomic E-state index is 5.83. The number of rotatable bonds is 4. The van der Waals surface area contributed by atoms with Crippen LogP contribution in [0.2, 0.25) is 0 Å². The topological polar surface area (TPSA) is 53.1 Å². The molecule has 2 rings (SSSR count). The average molecular weight is 195 g/mol. The Morgan fingerprint density at radius 1 is 1.57 bits per heavy atom. The van der Waals surface area contributed by atoms with Crippen molar-refractivity contribution in [1.82, 2.24) is 9.78 Å². The van der Waals surface area contributed by atoms with Gasteiger partial charge in [-0.05, 0) is 19.3 Å². The van der Waals surface area contributed by atoms with Gasteiger partial charge >= 0.3 is 0 Å². The van der Waals surface area contributed by atoms with Crippen LogP contribution in [0.15, 0.2) is 0 Å². The maximum Gasteiger partial charge on any atom is 0.235 e. The molecule has 1 aromatic heterocycles. The second-order valence-corrected chi connectivity index (χ2v) is 4.01. The number of nitrogens with zero attached hydrogens (tertiary/aromatic N) is 2. The molecule has 0 spiro atoms. The van der Waals surface area contributed by atoms with Gasteiger partial charge in [0.05, 0.1) is 12.3 Å². The van der Waals surface area contributed by atoms with Crippen molar-refractivity contribution >= 4 is 5.69 Å². The lowest BCUT2D eigenvalue weighted by molar-refractivity contribution is 0.279. The first kappa shape index (κ1) is 9.37. The standard InChI is InChI=1S/C10H17N3O/c1-7-9(11)10(13(2)12-7)14-6-5-8-3-4-8/h8H,3-6,11H2,1-2H3. The van der Waals surface area contributed by atoms with E-state index in [1.54, 1.807) is 4.68 Å². The largest absolute Gasteiger partial charge is 0.476 e. The molecule has 0 atom stereocenters. The Hall–Kier alpha value is -1.19. The average Bonchev–Trinajstić information content (AvgIpc) is 2.90. The molecule has 14 heavy (non-hydrogen) atoms. The third kappa shape index (κ3) is 1.84. The van der Waals surface area contributed by atoms with E-state index in [0.29, 0.717) is 11.6 Å². The van der Waals surface area contributed by atoms with Crippen LogP contribution < -0.4 is 10.5 Å². The van der Waals surface area contributed by atoms with Crippen LogP contribution in [0.5, 0.6) is 5.88 Å². The summed E-state index contributed by atoms with van der Waals surface area (Å²) in [4.78, 5) is 0. The second-order valence-electron chi connectivity index (χ2n) is 4.01. The Morgan fingerprint density at radius 3 is 2.79 bits per heavy atom. The zero-order valence-corrected chi connectivity index (χ0v) is 8.79. The van der Waals surface area contributed by atoms with Gasteiger partial charge in [0.2, 0.25) is 5.88 Å². The SMILES string of the molecule is Cc1nn(C)c(OCCC2CC2)c1N. The molecule has 0 aliphatic heterocycles. The Morgan fingerprint density at radius 2 is 2.29 bits per heavy atom. The van der Waals surface area contributed by atoms with Gasteiger partial charge in [-0.1, -0.05) is 12.8 Å². The first-order valence-electron chi connectivity index (χ1n) is 5.10. The van der Waals surface area contributed by atoms with Crippen molar-refractivity contribution in [2.24, 2.45) is 13.0 Å². The van der Waals surface area contributed by atoms with Gasteiger partial charge in [0.15, 0.2) is 0 Å². The molecule has 1 aliphatic carbocycles. The molecule has 4 heteroatoms. The molecule has 1 heterocycles. The summed E-state index contributed by atoms with van der Waals surface area (Å²) in [6.45, 7) is 2.65. The van der Waals surface area contributed by atoms with E-state index in [1.807, 2.05) is 14.0 Å². The highest BCUT2D eigenvalue weighted by molar-refractivity contribution is 5.52. The van der Waals surface area contributed by atoms with Crippen LogP contribution in [0.3, 0.4) is 0 Å². The predicted molar refractivity (Wildman–Crippen MR) is 55.2 cm³/mol. The highest BCUT2D eigenvalue weighted by Crippen LogP contribution is 2.32. The van der Waals surface area contributed by atoms with Crippen molar-refractivity contribution in [1.29, 1.82) is 0 Å². The summed E-state index contributed by atoms with van der Waals surface area (Å²) in [5, 5.41) is 4.19. The lowest BCUT2D eigenvalue weighted by atomic mass is 10.3. The van der Waals surface area contributed by atoms with Gasteiger partial charge < -0.3 is 10.5 Å². The molecular formula is C10H17N3O. The van der Waals surface area contributed by atoms with Crippen LogP contribution in [-0.4, -0.2) is 16.4 Å². The summed E-state index contributed by atoms with van der Waals surface area (Å²) in [6, 6.07) is 0. The first-order valence-corrected chi connectivity index (χ1v) is 5.10. The Kier molecular flexibility index (Phi) is 2.35. The highest BCUT2D eigenvalue weighted by atomic mass is 16.5. The van der Waals surface area contributed by atoms with E-state index < -0.39 is 0 Å². The van der Waals surface area contributed by atoms with E-state index in [-0.39, 0.29) is 0 Å². The summed E-state index contributed by atoms with van der Waals surface area (Å²) in [5.41, 5.74) is 7.34. The zero-order chi connectivity index (χ0) is 10.1. The van der Waals surface area contributed by atoms with Crippen molar-refractivity contribution in [3.05, 3.63) is 5.69 Å². The number of nitrogens with two attached hydrogens (primary N) is 1. The molecule has 1 aliphatic rings. The van der Waals surface area contributed by atoms with E-state index in [0.717, 1.165) is 24.6 Å². The van der Waals surface area contributed by atoms with Gasteiger partial charge in [-0.2, -0.15) is 5.10 Å². The maximum atomic E-state index is 5.83. The van der Waals surface area contributed by atoms with E-state index in [2.05, 4.69) is 5.10 Å². The molecule has 0 amide bonds. The first-order chi connectivity index (χ1) is 6.68. The molecule has 0 unspecified atom stereocenters. The summed E-state index contributed by atoms with van der Waals surface area (Å²) in [6.07, 6.45) is 3.87. The monoisotopic (exact) mass is 195 g/mol. The minimum absolute atomic E-state index is 0.670. The number of anilines is 1. The minimum atomic E-state index is 0.670. The van der Waals surface area contributed by atoms with Crippen LogP contribution in [0.25, 0.3) is 0 Å². The molecule has 4 nitrogen and oxygen atoms in total. The van der Waals surface area contributed by atoms with E-state index >= 15 is 0 Å². The number of ether oxygens (including phenoxy) is 1. The molecular weight excluding hydrogens is 178 g/mol. The van der Waals surface area contributed by atoms with Crippen molar-refractivity contribution in [2.45, 2.75) is 26.2 Å². The number of nitrogen functional groups attached to an aromatic ring is 1. The summed E-state index contributed by atoms with van der Waals surface area (Å²) >= 11 is 0. The fourth-order valence-corrected chi connectivity index (χ4v) is 1.55. The summed E-state index contributed by atoms with van der Waals surface area (Å²) < 4.78 is 7.32. The molecule has 2 N–H and O–H groups in total. The highest BCUT2D eigenvalue weighted by Gasteiger charge is 2.21. The Bertz CT molecular complexity index is 328. The number of hydrogen-bond acceptors (Lipinski definition) is 3. The van der Waals surface area contributed by atoms with Gasteiger partial charge in [-0.25, -0.2) is 4.68 Å². The molecule has 1 aromatic rings. The van der Waals surface area contributed by atoms with Gasteiger partial charge in [0.1, 0.15) is 5.69 Å². The van der Waals surface area contributed by atoms with Crippen LogP contribution in [0.1, 0.15) is 25.0 Å². The zero-order valence-electron chi connectivity index (χ0n) is 8.79. The lowest BCUT2D eigenvalue weighted by Gasteiger charge is -2.06. The molecule has 0 saturated heterocycles. The third-order valence-electron chi connectivity index (χ3n) is 2.68.